The van der Waals surface area contributed by atoms with Crippen LogP contribution in [0.25, 0.3) is 0 Å². The smallest absolute Gasteiger partial charge is 0.257 e. The van der Waals surface area contributed by atoms with Gasteiger partial charge in [-0.05, 0) is 24.3 Å². The lowest BCUT2D eigenvalue weighted by molar-refractivity contribution is 0.102. The number of amides is 1. The molecule has 2 rings (SSSR count). The van der Waals surface area contributed by atoms with Crippen molar-refractivity contribution in [2.75, 3.05) is 5.32 Å². The van der Waals surface area contributed by atoms with Crippen LogP contribution in [0.1, 0.15) is 15.9 Å². The normalized spacial score (nSPS) is 9.74. The molecule has 1 amide bonds. The second kappa shape index (κ2) is 5.51. The number of carbonyl (C=O) groups excluding carboxylic acids is 1. The topological polar surface area (TPSA) is 42.0 Å². The van der Waals surface area contributed by atoms with E-state index in [4.69, 9.17) is 18.0 Å². The molecule has 0 fully saturated rings. The van der Waals surface area contributed by atoms with E-state index in [9.17, 15) is 9.18 Å². The molecule has 0 spiro atoms. The number of nitrogens with one attached hydrogen (secondary N) is 1. The summed E-state index contributed by atoms with van der Waals surface area (Å²) in [7, 11) is 0. The Morgan fingerprint density at radius 3 is 2.84 bits per heavy atom. The van der Waals surface area contributed by atoms with E-state index < -0.39 is 11.7 Å². The zero-order valence-corrected chi connectivity index (χ0v) is 10.4. The monoisotopic (exact) mass is 274 g/mol. The van der Waals surface area contributed by atoms with E-state index >= 15 is 0 Å². The van der Waals surface area contributed by atoms with Crippen molar-refractivity contribution in [2.45, 2.75) is 0 Å². The quantitative estimate of drug-likeness (QED) is 0.855. The molecule has 94 valence electrons. The summed E-state index contributed by atoms with van der Waals surface area (Å²) in [6.45, 7) is 0. The zero-order valence-electron chi connectivity index (χ0n) is 9.65. The van der Waals surface area contributed by atoms with E-state index in [-0.39, 0.29) is 5.02 Å². The van der Waals surface area contributed by atoms with Crippen LogP contribution in [0.2, 0.25) is 5.02 Å². The first-order valence-electron chi connectivity index (χ1n) is 5.28. The Morgan fingerprint density at radius 2 is 2.16 bits per heavy atom. The summed E-state index contributed by atoms with van der Waals surface area (Å²) in [5.74, 6) is 1.45. The molecular formula is C14H8ClFN2O. The number of carbonyl (C=O) groups is 1. The van der Waals surface area contributed by atoms with Crippen LogP contribution in [0.5, 0.6) is 0 Å². The molecule has 0 atom stereocenters. The molecule has 0 bridgehead atoms. The van der Waals surface area contributed by atoms with Gasteiger partial charge < -0.3 is 5.32 Å². The highest BCUT2D eigenvalue weighted by molar-refractivity contribution is 6.31. The summed E-state index contributed by atoms with van der Waals surface area (Å²) in [6.07, 6.45) is 8.10. The van der Waals surface area contributed by atoms with E-state index in [1.54, 1.807) is 0 Å². The van der Waals surface area contributed by atoms with Crippen LogP contribution in [0.15, 0.2) is 36.7 Å². The fourth-order valence-electron chi connectivity index (χ4n) is 1.42. The Labute approximate surface area is 114 Å². The van der Waals surface area contributed by atoms with Crippen LogP contribution in [0.4, 0.5) is 10.1 Å². The number of hydrogen-bond donors (Lipinski definition) is 1. The van der Waals surface area contributed by atoms with Crippen LogP contribution < -0.4 is 5.32 Å². The highest BCUT2D eigenvalue weighted by Crippen LogP contribution is 2.19. The molecule has 19 heavy (non-hydrogen) atoms. The lowest BCUT2D eigenvalue weighted by atomic mass is 10.2. The summed E-state index contributed by atoms with van der Waals surface area (Å²) < 4.78 is 13.0. The minimum Gasteiger partial charge on any atom is -0.322 e. The molecule has 2 aromatic rings. The molecule has 1 aromatic carbocycles. The van der Waals surface area contributed by atoms with Gasteiger partial charge in [0.05, 0.1) is 10.6 Å². The molecule has 1 heterocycles. The molecular weight excluding hydrogens is 267 g/mol. The van der Waals surface area contributed by atoms with Crippen LogP contribution in [0, 0.1) is 18.2 Å². The van der Waals surface area contributed by atoms with E-state index in [1.807, 2.05) is 0 Å². The first-order chi connectivity index (χ1) is 9.10. The molecule has 5 heteroatoms. The first kappa shape index (κ1) is 13.1. The minimum atomic E-state index is -0.546. The predicted octanol–water partition coefficient (Wildman–Crippen LogP) is 3.11. The lowest BCUT2D eigenvalue weighted by Gasteiger charge is -2.06. The van der Waals surface area contributed by atoms with Crippen molar-refractivity contribution >= 4 is 23.2 Å². The van der Waals surface area contributed by atoms with Crippen molar-refractivity contribution in [2.24, 2.45) is 0 Å². The Hall–Kier alpha value is -2.38. The van der Waals surface area contributed by atoms with Gasteiger partial charge in [-0.3, -0.25) is 9.78 Å². The summed E-state index contributed by atoms with van der Waals surface area (Å²) in [5.41, 5.74) is 1.21. The average Bonchev–Trinajstić information content (AvgIpc) is 2.43. The van der Waals surface area contributed by atoms with Crippen molar-refractivity contribution < 1.29 is 9.18 Å². The SMILES string of the molecule is C#Cc1cncc(C(=O)Nc2ccc(F)c(Cl)c2)c1. The zero-order chi connectivity index (χ0) is 13.8. The minimum absolute atomic E-state index is 0.0618. The Morgan fingerprint density at radius 1 is 1.37 bits per heavy atom. The molecule has 0 saturated carbocycles. The lowest BCUT2D eigenvalue weighted by Crippen LogP contribution is -2.12. The number of nitrogens with zero attached hydrogens (tertiary/aromatic N) is 1. The van der Waals surface area contributed by atoms with Crippen molar-refractivity contribution in [3.63, 3.8) is 0 Å². The van der Waals surface area contributed by atoms with Gasteiger partial charge in [-0.25, -0.2) is 4.39 Å². The van der Waals surface area contributed by atoms with Gasteiger partial charge in [-0.15, -0.1) is 6.42 Å². The third-order valence-corrected chi connectivity index (χ3v) is 2.63. The molecule has 0 radical (unpaired) electrons. The van der Waals surface area contributed by atoms with Gasteiger partial charge in [0.1, 0.15) is 5.82 Å². The van der Waals surface area contributed by atoms with E-state index in [0.29, 0.717) is 16.8 Å². The molecule has 3 nitrogen and oxygen atoms in total. The van der Waals surface area contributed by atoms with Gasteiger partial charge >= 0.3 is 0 Å². The van der Waals surface area contributed by atoms with Crippen molar-refractivity contribution in [1.82, 2.24) is 4.98 Å². The van der Waals surface area contributed by atoms with Gasteiger partial charge in [-0.2, -0.15) is 0 Å². The Balaban J connectivity index is 2.21. The van der Waals surface area contributed by atoms with Crippen molar-refractivity contribution in [3.8, 4) is 12.3 Å². The largest absolute Gasteiger partial charge is 0.322 e. The number of halogens is 2. The second-order valence-corrected chi connectivity index (χ2v) is 4.10. The van der Waals surface area contributed by atoms with Crippen LogP contribution in [0.3, 0.4) is 0 Å². The van der Waals surface area contributed by atoms with Gasteiger partial charge in [-0.1, -0.05) is 17.5 Å². The van der Waals surface area contributed by atoms with Crippen molar-refractivity contribution in [1.29, 1.82) is 0 Å². The van der Waals surface area contributed by atoms with Gasteiger partial charge in [0.2, 0.25) is 0 Å². The molecule has 0 aliphatic heterocycles. The molecule has 0 unspecified atom stereocenters. The third-order valence-electron chi connectivity index (χ3n) is 2.34. The van der Waals surface area contributed by atoms with E-state index in [0.717, 1.165) is 0 Å². The Kier molecular flexibility index (Phi) is 3.79. The van der Waals surface area contributed by atoms with Crippen LogP contribution >= 0.6 is 11.6 Å². The molecule has 0 aliphatic rings. The molecule has 0 saturated heterocycles. The van der Waals surface area contributed by atoms with E-state index in [2.05, 4.69) is 16.2 Å². The predicted molar refractivity (Wildman–Crippen MR) is 71.5 cm³/mol. The number of anilines is 1. The molecule has 1 aromatic heterocycles. The average molecular weight is 275 g/mol. The number of terminal acetylenes is 1. The summed E-state index contributed by atoms with van der Waals surface area (Å²) in [5, 5.41) is 2.52. The van der Waals surface area contributed by atoms with Crippen LogP contribution in [-0.2, 0) is 0 Å². The number of pyridine rings is 1. The number of aromatic nitrogens is 1. The standard InChI is InChI=1S/C14H8ClFN2O/c1-2-9-5-10(8-17-7-9)14(19)18-11-3-4-13(16)12(15)6-11/h1,3-8H,(H,18,19). The van der Waals surface area contributed by atoms with Gasteiger partial charge in [0, 0.05) is 23.6 Å². The third kappa shape index (κ3) is 3.09. The first-order valence-corrected chi connectivity index (χ1v) is 5.66. The summed E-state index contributed by atoms with van der Waals surface area (Å²) in [6, 6.07) is 5.45. The van der Waals surface area contributed by atoms with Gasteiger partial charge in [0.25, 0.3) is 5.91 Å². The molecule has 1 N–H and O–H groups in total. The number of rotatable bonds is 2. The fraction of sp³-hybridized carbons (Fsp3) is 0. The summed E-state index contributed by atoms with van der Waals surface area (Å²) >= 11 is 5.63. The maximum atomic E-state index is 13.0. The van der Waals surface area contributed by atoms with Gasteiger partial charge in [0.15, 0.2) is 0 Å². The maximum Gasteiger partial charge on any atom is 0.257 e. The summed E-state index contributed by atoms with van der Waals surface area (Å²) in [4.78, 5) is 15.8. The maximum absolute atomic E-state index is 13.0. The van der Waals surface area contributed by atoms with Crippen LogP contribution in [-0.4, -0.2) is 10.9 Å². The second-order valence-electron chi connectivity index (χ2n) is 3.69. The molecule has 0 aliphatic carbocycles. The van der Waals surface area contributed by atoms with E-state index in [1.165, 1.54) is 36.7 Å². The highest BCUT2D eigenvalue weighted by atomic mass is 35.5. The van der Waals surface area contributed by atoms with Crippen molar-refractivity contribution in [3.05, 3.63) is 58.6 Å². The fourth-order valence-corrected chi connectivity index (χ4v) is 1.60. The number of hydrogen-bond acceptors (Lipinski definition) is 2. The Bertz CT molecular complexity index is 679. The number of benzene rings is 1. The highest BCUT2D eigenvalue weighted by Gasteiger charge is 2.08.